The molecule has 3 aromatic rings. The molecule has 1 heterocycles. The Morgan fingerprint density at radius 2 is 1.76 bits per heavy atom. The summed E-state index contributed by atoms with van der Waals surface area (Å²) in [5.41, 5.74) is 1.45. The van der Waals surface area contributed by atoms with Crippen LogP contribution in [0.2, 0.25) is 0 Å². The van der Waals surface area contributed by atoms with Gasteiger partial charge in [0.1, 0.15) is 10.8 Å². The summed E-state index contributed by atoms with van der Waals surface area (Å²) in [6.45, 7) is 2.07. The van der Waals surface area contributed by atoms with Crippen molar-refractivity contribution in [3.05, 3.63) is 64.7 Å². The van der Waals surface area contributed by atoms with Gasteiger partial charge in [-0.15, -0.1) is 10.2 Å². The quantitative estimate of drug-likeness (QED) is 0.566. The predicted octanol–water partition coefficient (Wildman–Crippen LogP) is 2.63. The van der Waals surface area contributed by atoms with E-state index in [2.05, 4.69) is 20.2 Å². The molecule has 2 N–H and O–H groups in total. The summed E-state index contributed by atoms with van der Waals surface area (Å²) in [6, 6.07) is 13.3. The summed E-state index contributed by atoms with van der Waals surface area (Å²) in [4.78, 5) is 12.5. The molecule has 1 amide bonds. The number of hydrogen-bond acceptors (Lipinski definition) is 7. The minimum absolute atomic E-state index is 0.178. The molecule has 3 rings (SSSR count). The van der Waals surface area contributed by atoms with E-state index in [1.807, 2.05) is 6.92 Å². The fraction of sp³-hybridized carbons (Fsp3) is 0.211. The number of anilines is 1. The number of amides is 1. The Labute approximate surface area is 173 Å². The van der Waals surface area contributed by atoms with Crippen LogP contribution in [-0.4, -0.2) is 38.2 Å². The highest BCUT2D eigenvalue weighted by atomic mass is 32.2. The minimum Gasteiger partial charge on any atom is -0.497 e. The van der Waals surface area contributed by atoms with Gasteiger partial charge in [-0.05, 0) is 43.3 Å². The van der Waals surface area contributed by atoms with Gasteiger partial charge < -0.3 is 4.74 Å². The maximum Gasteiger partial charge on any atom is 0.257 e. The number of sulfonamides is 1. The molecule has 2 aromatic carbocycles. The standard InChI is InChI=1S/C19H20N4O4S2/c1-13-3-9-16(10-4-13)29(25,26)20-12-11-17-22-23-19(28-17)21-18(24)14-5-7-15(27-2)8-6-14/h3-10,20H,11-12H2,1-2H3,(H,21,23,24). The molecule has 0 fully saturated rings. The van der Waals surface area contributed by atoms with Crippen molar-refractivity contribution in [1.29, 1.82) is 0 Å². The molecule has 0 atom stereocenters. The van der Waals surface area contributed by atoms with Crippen LogP contribution in [-0.2, 0) is 16.4 Å². The molecule has 0 saturated carbocycles. The lowest BCUT2D eigenvalue weighted by molar-refractivity contribution is 0.102. The topological polar surface area (TPSA) is 110 Å². The third-order valence-corrected chi connectivity index (χ3v) is 6.38. The highest BCUT2D eigenvalue weighted by Gasteiger charge is 2.14. The van der Waals surface area contributed by atoms with Gasteiger partial charge in [0, 0.05) is 18.5 Å². The van der Waals surface area contributed by atoms with Crippen LogP contribution in [0.15, 0.2) is 53.4 Å². The van der Waals surface area contributed by atoms with Gasteiger partial charge in [0.25, 0.3) is 5.91 Å². The zero-order chi connectivity index (χ0) is 20.9. The second kappa shape index (κ2) is 9.12. The summed E-state index contributed by atoms with van der Waals surface area (Å²) in [5, 5.41) is 11.6. The van der Waals surface area contributed by atoms with E-state index in [4.69, 9.17) is 4.74 Å². The predicted molar refractivity (Wildman–Crippen MR) is 111 cm³/mol. The first-order chi connectivity index (χ1) is 13.9. The molecular formula is C19H20N4O4S2. The van der Waals surface area contributed by atoms with Crippen LogP contribution in [0, 0.1) is 6.92 Å². The smallest absolute Gasteiger partial charge is 0.257 e. The Bertz CT molecular complexity index is 1080. The minimum atomic E-state index is -3.57. The fourth-order valence-electron chi connectivity index (χ4n) is 2.41. The number of nitrogens with one attached hydrogen (secondary N) is 2. The number of carbonyl (C=O) groups is 1. The van der Waals surface area contributed by atoms with Crippen LogP contribution in [0.1, 0.15) is 20.9 Å². The Kier molecular flexibility index (Phi) is 6.57. The van der Waals surface area contributed by atoms with E-state index in [1.54, 1.807) is 55.6 Å². The van der Waals surface area contributed by atoms with Gasteiger partial charge in [-0.2, -0.15) is 0 Å². The molecule has 0 aliphatic heterocycles. The van der Waals surface area contributed by atoms with Gasteiger partial charge in [0.05, 0.1) is 12.0 Å². The molecular weight excluding hydrogens is 412 g/mol. The number of aromatic nitrogens is 2. The van der Waals surface area contributed by atoms with E-state index in [-0.39, 0.29) is 17.3 Å². The molecule has 29 heavy (non-hydrogen) atoms. The normalized spacial score (nSPS) is 11.2. The molecule has 8 nitrogen and oxygen atoms in total. The first kappa shape index (κ1) is 20.9. The molecule has 152 valence electrons. The number of rotatable bonds is 8. The lowest BCUT2D eigenvalue weighted by atomic mass is 10.2. The first-order valence-corrected chi connectivity index (χ1v) is 11.0. The van der Waals surface area contributed by atoms with Gasteiger partial charge in [-0.3, -0.25) is 10.1 Å². The lowest BCUT2D eigenvalue weighted by Gasteiger charge is -2.05. The van der Waals surface area contributed by atoms with Crippen LogP contribution >= 0.6 is 11.3 Å². The summed E-state index contributed by atoms with van der Waals surface area (Å²) in [7, 11) is -2.02. The number of aryl methyl sites for hydroxylation is 1. The third kappa shape index (κ3) is 5.59. The number of carbonyl (C=O) groups excluding carboxylic acids is 1. The highest BCUT2D eigenvalue weighted by Crippen LogP contribution is 2.18. The Hall–Kier alpha value is -2.82. The highest BCUT2D eigenvalue weighted by molar-refractivity contribution is 7.89. The van der Waals surface area contributed by atoms with Gasteiger partial charge in [-0.1, -0.05) is 29.0 Å². The van der Waals surface area contributed by atoms with Crippen LogP contribution in [0.4, 0.5) is 5.13 Å². The molecule has 0 spiro atoms. The number of methoxy groups -OCH3 is 1. The largest absolute Gasteiger partial charge is 0.497 e. The SMILES string of the molecule is COc1ccc(C(=O)Nc2nnc(CCNS(=O)(=O)c3ccc(C)cc3)s2)cc1. The van der Waals surface area contributed by atoms with Crippen LogP contribution < -0.4 is 14.8 Å². The van der Waals surface area contributed by atoms with Crippen molar-refractivity contribution in [3.63, 3.8) is 0 Å². The van der Waals surface area contributed by atoms with Gasteiger partial charge in [0.15, 0.2) is 0 Å². The molecule has 0 aliphatic carbocycles. The average molecular weight is 433 g/mol. The molecule has 0 bridgehead atoms. The number of nitrogens with zero attached hydrogens (tertiary/aromatic N) is 2. The van der Waals surface area contributed by atoms with Crippen molar-refractivity contribution in [1.82, 2.24) is 14.9 Å². The van der Waals surface area contributed by atoms with E-state index < -0.39 is 10.0 Å². The molecule has 0 saturated heterocycles. The summed E-state index contributed by atoms with van der Waals surface area (Å²) < 4.78 is 32.2. The average Bonchev–Trinajstić information content (AvgIpc) is 3.15. The maximum absolute atomic E-state index is 12.3. The van der Waals surface area contributed by atoms with E-state index in [9.17, 15) is 13.2 Å². The molecule has 0 aliphatic rings. The van der Waals surface area contributed by atoms with Crippen LogP contribution in [0.3, 0.4) is 0 Å². The molecule has 10 heteroatoms. The number of benzene rings is 2. The number of hydrogen-bond donors (Lipinski definition) is 2. The van der Waals surface area contributed by atoms with Crippen LogP contribution in [0.25, 0.3) is 0 Å². The van der Waals surface area contributed by atoms with E-state index >= 15 is 0 Å². The second-order valence-corrected chi connectivity index (χ2v) is 8.97. The number of ether oxygens (including phenoxy) is 1. The molecule has 0 unspecified atom stereocenters. The monoisotopic (exact) mass is 432 g/mol. The Balaban J connectivity index is 1.53. The van der Waals surface area contributed by atoms with Crippen molar-refractivity contribution < 1.29 is 17.9 Å². The van der Waals surface area contributed by atoms with Crippen molar-refractivity contribution in [2.75, 3.05) is 19.0 Å². The van der Waals surface area contributed by atoms with Crippen molar-refractivity contribution >= 4 is 32.4 Å². The van der Waals surface area contributed by atoms with Gasteiger partial charge >= 0.3 is 0 Å². The van der Waals surface area contributed by atoms with Crippen molar-refractivity contribution in [3.8, 4) is 5.75 Å². The van der Waals surface area contributed by atoms with Crippen molar-refractivity contribution in [2.24, 2.45) is 0 Å². The van der Waals surface area contributed by atoms with E-state index in [0.29, 0.717) is 27.9 Å². The zero-order valence-electron chi connectivity index (χ0n) is 15.9. The maximum atomic E-state index is 12.3. The molecule has 0 radical (unpaired) electrons. The zero-order valence-corrected chi connectivity index (χ0v) is 17.5. The third-order valence-electron chi connectivity index (χ3n) is 4.00. The summed E-state index contributed by atoms with van der Waals surface area (Å²) in [5.74, 6) is 0.350. The second-order valence-electron chi connectivity index (χ2n) is 6.14. The van der Waals surface area contributed by atoms with Crippen LogP contribution in [0.5, 0.6) is 5.75 Å². The Morgan fingerprint density at radius 1 is 1.07 bits per heavy atom. The van der Waals surface area contributed by atoms with E-state index in [0.717, 1.165) is 5.56 Å². The lowest BCUT2D eigenvalue weighted by Crippen LogP contribution is -2.25. The first-order valence-electron chi connectivity index (χ1n) is 8.71. The summed E-state index contributed by atoms with van der Waals surface area (Å²) >= 11 is 1.20. The van der Waals surface area contributed by atoms with E-state index in [1.165, 1.54) is 11.3 Å². The Morgan fingerprint density at radius 3 is 2.41 bits per heavy atom. The van der Waals surface area contributed by atoms with Crippen molar-refractivity contribution in [2.45, 2.75) is 18.2 Å². The molecule has 1 aromatic heterocycles. The summed E-state index contributed by atoms with van der Waals surface area (Å²) in [6.07, 6.45) is 0.362. The van der Waals surface area contributed by atoms with Gasteiger partial charge in [-0.25, -0.2) is 13.1 Å². The fourth-order valence-corrected chi connectivity index (χ4v) is 4.18. The van der Waals surface area contributed by atoms with Gasteiger partial charge in [0.2, 0.25) is 15.2 Å².